The number of carbonyl (C=O) groups is 3. The number of fused-ring (bicyclic) bond motifs is 1. The third-order valence-electron chi connectivity index (χ3n) is 5.79. The number of urea groups is 1. The number of halogens is 1. The lowest BCUT2D eigenvalue weighted by Crippen LogP contribution is -2.33. The lowest BCUT2D eigenvalue weighted by molar-refractivity contribution is -0.125. The van der Waals surface area contributed by atoms with Crippen LogP contribution in [-0.2, 0) is 11.3 Å². The second-order valence-electron chi connectivity index (χ2n) is 7.38. The molecule has 1 aromatic rings. The third-order valence-corrected chi connectivity index (χ3v) is 5.79. The highest BCUT2D eigenvalue weighted by molar-refractivity contribution is 6.01. The van der Waals surface area contributed by atoms with E-state index in [9.17, 15) is 14.4 Å². The highest BCUT2D eigenvalue weighted by atomic mass is 35.5. The maximum Gasteiger partial charge on any atom is 0.324 e. The minimum atomic E-state index is -0.361. The third kappa shape index (κ3) is 4.09. The summed E-state index contributed by atoms with van der Waals surface area (Å²) in [6, 6.07) is 6.87. The first-order chi connectivity index (χ1) is 12.6. The van der Waals surface area contributed by atoms with E-state index in [2.05, 4.69) is 10.6 Å². The van der Waals surface area contributed by atoms with Crippen molar-refractivity contribution in [2.24, 2.45) is 11.8 Å². The molecule has 3 heterocycles. The summed E-state index contributed by atoms with van der Waals surface area (Å²) in [6.45, 7) is 4.06. The summed E-state index contributed by atoms with van der Waals surface area (Å²) < 4.78 is 0. The molecule has 3 fully saturated rings. The van der Waals surface area contributed by atoms with E-state index in [4.69, 9.17) is 0 Å². The monoisotopic (exact) mass is 392 g/mol. The minimum absolute atomic E-state index is 0. The standard InChI is InChI=1S/C19H24N4O3.ClH/c24-17-11-21-19(26)23(17)12-13-1-3-14(4-2-13)18(25)22-7-5-15-9-20-10-16(15)6-8-22;/h1-4,15-16,20H,5-12H2,(H,21,26);1H/t15-,16+;. The van der Waals surface area contributed by atoms with Gasteiger partial charge in [-0.15, -0.1) is 12.4 Å². The van der Waals surface area contributed by atoms with Crippen LogP contribution in [0.15, 0.2) is 24.3 Å². The van der Waals surface area contributed by atoms with E-state index in [1.54, 1.807) is 12.1 Å². The minimum Gasteiger partial charge on any atom is -0.339 e. The Morgan fingerprint density at radius 2 is 1.67 bits per heavy atom. The number of hydrogen-bond acceptors (Lipinski definition) is 4. The SMILES string of the molecule is Cl.O=C(c1ccc(CN2C(=O)CNC2=O)cc1)N1CC[C@@H]2CNC[C@@H]2CC1. The van der Waals surface area contributed by atoms with Gasteiger partial charge in [-0.2, -0.15) is 0 Å². The molecule has 1 aromatic carbocycles. The molecule has 0 bridgehead atoms. The number of benzene rings is 1. The van der Waals surface area contributed by atoms with Crippen molar-refractivity contribution in [2.45, 2.75) is 19.4 Å². The smallest absolute Gasteiger partial charge is 0.324 e. The van der Waals surface area contributed by atoms with E-state index in [0.717, 1.165) is 44.6 Å². The second-order valence-corrected chi connectivity index (χ2v) is 7.38. The molecule has 3 aliphatic heterocycles. The molecule has 4 rings (SSSR count). The Morgan fingerprint density at radius 1 is 1.04 bits per heavy atom. The van der Waals surface area contributed by atoms with Crippen LogP contribution in [0.3, 0.4) is 0 Å². The van der Waals surface area contributed by atoms with Crippen LogP contribution in [0.25, 0.3) is 0 Å². The van der Waals surface area contributed by atoms with Crippen LogP contribution in [0.2, 0.25) is 0 Å². The van der Waals surface area contributed by atoms with Crippen molar-refractivity contribution in [3.63, 3.8) is 0 Å². The summed E-state index contributed by atoms with van der Waals surface area (Å²) in [4.78, 5) is 39.2. The molecule has 0 radical (unpaired) electrons. The molecule has 0 saturated carbocycles. The quantitative estimate of drug-likeness (QED) is 0.758. The Kier molecular flexibility index (Phi) is 6.01. The molecule has 146 valence electrons. The van der Waals surface area contributed by atoms with E-state index in [1.807, 2.05) is 17.0 Å². The van der Waals surface area contributed by atoms with Gasteiger partial charge < -0.3 is 15.5 Å². The fourth-order valence-electron chi connectivity index (χ4n) is 4.15. The van der Waals surface area contributed by atoms with Crippen molar-refractivity contribution < 1.29 is 14.4 Å². The molecule has 0 aromatic heterocycles. The van der Waals surface area contributed by atoms with Crippen LogP contribution < -0.4 is 10.6 Å². The largest absolute Gasteiger partial charge is 0.339 e. The molecule has 3 aliphatic rings. The summed E-state index contributed by atoms with van der Waals surface area (Å²) in [5.74, 6) is 1.23. The predicted molar refractivity (Wildman–Crippen MR) is 103 cm³/mol. The fraction of sp³-hybridized carbons (Fsp3) is 0.526. The van der Waals surface area contributed by atoms with Crippen LogP contribution in [-0.4, -0.2) is 60.4 Å². The van der Waals surface area contributed by atoms with E-state index >= 15 is 0 Å². The second kappa shape index (κ2) is 8.27. The molecular weight excluding hydrogens is 368 g/mol. The van der Waals surface area contributed by atoms with Gasteiger partial charge in [-0.05, 0) is 55.5 Å². The number of likely N-dealkylation sites (tertiary alicyclic amines) is 1. The Bertz CT molecular complexity index is 694. The van der Waals surface area contributed by atoms with Gasteiger partial charge in [0.1, 0.15) is 0 Å². The molecule has 0 unspecified atom stereocenters. The highest BCUT2D eigenvalue weighted by Gasteiger charge is 2.32. The summed E-state index contributed by atoms with van der Waals surface area (Å²) in [5.41, 5.74) is 1.50. The Morgan fingerprint density at radius 3 is 2.22 bits per heavy atom. The molecular formula is C19H25ClN4O3. The number of nitrogens with one attached hydrogen (secondary N) is 2. The molecule has 4 amide bonds. The molecule has 0 aliphatic carbocycles. The first kappa shape index (κ1) is 19.6. The van der Waals surface area contributed by atoms with Gasteiger partial charge in [0.15, 0.2) is 0 Å². The van der Waals surface area contributed by atoms with E-state index in [-0.39, 0.29) is 43.3 Å². The summed E-state index contributed by atoms with van der Waals surface area (Å²) in [6.07, 6.45) is 2.13. The van der Waals surface area contributed by atoms with Crippen molar-refractivity contribution in [1.82, 2.24) is 20.4 Å². The number of nitrogens with zero attached hydrogens (tertiary/aromatic N) is 2. The van der Waals surface area contributed by atoms with E-state index in [1.165, 1.54) is 4.90 Å². The molecule has 0 spiro atoms. The van der Waals surface area contributed by atoms with Crippen LogP contribution in [0.1, 0.15) is 28.8 Å². The number of imide groups is 1. The number of amides is 4. The molecule has 2 N–H and O–H groups in total. The predicted octanol–water partition coefficient (Wildman–Crippen LogP) is 1.23. The van der Waals surface area contributed by atoms with Gasteiger partial charge in [0.05, 0.1) is 13.1 Å². The zero-order chi connectivity index (χ0) is 18.1. The first-order valence-corrected chi connectivity index (χ1v) is 9.29. The van der Waals surface area contributed by atoms with Crippen molar-refractivity contribution in [2.75, 3.05) is 32.7 Å². The van der Waals surface area contributed by atoms with Gasteiger partial charge in [0.2, 0.25) is 5.91 Å². The van der Waals surface area contributed by atoms with Crippen LogP contribution in [0.4, 0.5) is 4.79 Å². The molecule has 7 nitrogen and oxygen atoms in total. The van der Waals surface area contributed by atoms with Crippen molar-refractivity contribution in [3.05, 3.63) is 35.4 Å². The van der Waals surface area contributed by atoms with E-state index in [0.29, 0.717) is 17.4 Å². The van der Waals surface area contributed by atoms with Gasteiger partial charge in [-0.3, -0.25) is 14.5 Å². The number of hydrogen-bond donors (Lipinski definition) is 2. The number of carbonyl (C=O) groups excluding carboxylic acids is 3. The van der Waals surface area contributed by atoms with Crippen LogP contribution in [0, 0.1) is 11.8 Å². The normalized spacial score (nSPS) is 24.9. The Labute approximate surface area is 164 Å². The van der Waals surface area contributed by atoms with Crippen LogP contribution >= 0.6 is 12.4 Å². The Balaban J connectivity index is 0.00000210. The van der Waals surface area contributed by atoms with Gasteiger partial charge in [-0.1, -0.05) is 12.1 Å². The molecule has 27 heavy (non-hydrogen) atoms. The van der Waals surface area contributed by atoms with Crippen molar-refractivity contribution in [3.8, 4) is 0 Å². The maximum absolute atomic E-state index is 12.8. The fourth-order valence-corrected chi connectivity index (χ4v) is 4.15. The van der Waals surface area contributed by atoms with Gasteiger partial charge >= 0.3 is 6.03 Å². The average molecular weight is 393 g/mol. The lowest BCUT2D eigenvalue weighted by Gasteiger charge is -2.21. The zero-order valence-electron chi connectivity index (χ0n) is 15.1. The number of rotatable bonds is 3. The first-order valence-electron chi connectivity index (χ1n) is 9.29. The van der Waals surface area contributed by atoms with Crippen LogP contribution in [0.5, 0.6) is 0 Å². The van der Waals surface area contributed by atoms with Crippen molar-refractivity contribution >= 4 is 30.3 Å². The van der Waals surface area contributed by atoms with Gasteiger partial charge in [0.25, 0.3) is 5.91 Å². The Hall–Kier alpha value is -2.12. The topological polar surface area (TPSA) is 81.8 Å². The van der Waals surface area contributed by atoms with E-state index < -0.39 is 0 Å². The summed E-state index contributed by atoms with van der Waals surface area (Å²) in [5, 5.41) is 5.96. The lowest BCUT2D eigenvalue weighted by atomic mass is 9.92. The van der Waals surface area contributed by atoms with Gasteiger partial charge in [-0.25, -0.2) is 4.79 Å². The van der Waals surface area contributed by atoms with Gasteiger partial charge in [0, 0.05) is 18.7 Å². The molecule has 2 atom stereocenters. The zero-order valence-corrected chi connectivity index (χ0v) is 16.0. The molecule has 3 saturated heterocycles. The summed E-state index contributed by atoms with van der Waals surface area (Å²) in [7, 11) is 0. The molecule has 8 heteroatoms. The highest BCUT2D eigenvalue weighted by Crippen LogP contribution is 2.27. The average Bonchev–Trinajstić information content (AvgIpc) is 3.17. The summed E-state index contributed by atoms with van der Waals surface area (Å²) >= 11 is 0. The van der Waals surface area contributed by atoms with Crippen molar-refractivity contribution in [1.29, 1.82) is 0 Å². The maximum atomic E-state index is 12.8.